The highest BCUT2D eigenvalue weighted by Crippen LogP contribution is 2.43. The number of benzene rings is 3. The summed E-state index contributed by atoms with van der Waals surface area (Å²) in [4.78, 5) is 28.4. The van der Waals surface area contributed by atoms with Gasteiger partial charge in [-0.1, -0.05) is 42.5 Å². The van der Waals surface area contributed by atoms with E-state index in [9.17, 15) is 14.0 Å². The molecule has 0 saturated carbocycles. The van der Waals surface area contributed by atoms with Crippen molar-refractivity contribution in [1.82, 2.24) is 0 Å². The Bertz CT molecular complexity index is 1190. The molecule has 0 N–H and O–H groups in total. The predicted octanol–water partition coefficient (Wildman–Crippen LogP) is 5.06. The number of carbonyl (C=O) groups is 2. The first kappa shape index (κ1) is 21.6. The van der Waals surface area contributed by atoms with Gasteiger partial charge in [0.15, 0.2) is 0 Å². The number of halogens is 1. The van der Waals surface area contributed by atoms with E-state index in [1.54, 1.807) is 18.2 Å². The van der Waals surface area contributed by atoms with E-state index in [1.165, 1.54) is 50.2 Å². The molecule has 2 amide bonds. The lowest BCUT2D eigenvalue weighted by atomic mass is 10.1. The lowest BCUT2D eigenvalue weighted by Gasteiger charge is -2.19. The van der Waals surface area contributed by atoms with Crippen molar-refractivity contribution in [3.8, 4) is 11.5 Å². The van der Waals surface area contributed by atoms with Crippen molar-refractivity contribution in [3.05, 3.63) is 94.6 Å². The third kappa shape index (κ3) is 4.11. The second-order valence-electron chi connectivity index (χ2n) is 6.97. The smallest absolute Gasteiger partial charge is 0.272 e. The highest BCUT2D eigenvalue weighted by molar-refractivity contribution is 8.03. The van der Waals surface area contributed by atoms with Gasteiger partial charge >= 0.3 is 0 Å². The van der Waals surface area contributed by atoms with Gasteiger partial charge in [0.1, 0.15) is 17.3 Å². The number of rotatable bonds is 7. The van der Waals surface area contributed by atoms with Crippen molar-refractivity contribution >= 4 is 34.8 Å². The first-order chi connectivity index (χ1) is 15.5. The van der Waals surface area contributed by atoms with E-state index in [1.807, 2.05) is 30.3 Å². The van der Waals surface area contributed by atoms with Crippen molar-refractivity contribution in [1.29, 1.82) is 0 Å². The molecule has 0 unspecified atom stereocenters. The summed E-state index contributed by atoms with van der Waals surface area (Å²) in [6.07, 6.45) is 0. The topological polar surface area (TPSA) is 55.8 Å². The van der Waals surface area contributed by atoms with Crippen molar-refractivity contribution in [2.24, 2.45) is 0 Å². The molecular formula is C25H20FNO4S. The second kappa shape index (κ2) is 9.28. The Balaban J connectivity index is 1.78. The quantitative estimate of drug-likeness (QED) is 0.472. The van der Waals surface area contributed by atoms with Crippen LogP contribution in [0.2, 0.25) is 0 Å². The standard InChI is InChI=1S/C25H20FNO4S/c1-30-19-12-13-21(31-2)20(14-19)27-24(28)22(17-8-10-18(26)11-9-17)23(25(27)29)32-15-16-6-4-3-5-7-16/h3-14H,15H2,1-2H3. The van der Waals surface area contributed by atoms with Gasteiger partial charge in [-0.15, -0.1) is 11.8 Å². The zero-order valence-corrected chi connectivity index (χ0v) is 18.3. The lowest BCUT2D eigenvalue weighted by Crippen LogP contribution is -2.31. The molecule has 0 bridgehead atoms. The Morgan fingerprint density at radius 1 is 0.875 bits per heavy atom. The van der Waals surface area contributed by atoms with Crippen LogP contribution in [-0.2, 0) is 15.3 Å². The van der Waals surface area contributed by atoms with E-state index in [2.05, 4.69) is 0 Å². The number of methoxy groups -OCH3 is 2. The zero-order valence-electron chi connectivity index (χ0n) is 17.5. The van der Waals surface area contributed by atoms with Crippen LogP contribution < -0.4 is 14.4 Å². The number of hydrogen-bond acceptors (Lipinski definition) is 5. The SMILES string of the molecule is COc1ccc(OC)c(N2C(=O)C(SCc3ccccc3)=C(c3ccc(F)cc3)C2=O)c1. The third-order valence-corrected chi connectivity index (χ3v) is 6.17. The molecule has 3 aromatic rings. The van der Waals surface area contributed by atoms with E-state index in [0.717, 1.165) is 10.5 Å². The van der Waals surface area contributed by atoms with Crippen LogP contribution in [0.1, 0.15) is 11.1 Å². The average Bonchev–Trinajstić information content (AvgIpc) is 3.07. The molecule has 0 radical (unpaired) electrons. The molecule has 0 aliphatic carbocycles. The van der Waals surface area contributed by atoms with Crippen molar-refractivity contribution < 1.29 is 23.5 Å². The highest BCUT2D eigenvalue weighted by atomic mass is 32.2. The molecule has 0 spiro atoms. The molecule has 5 nitrogen and oxygen atoms in total. The van der Waals surface area contributed by atoms with Gasteiger partial charge in [-0.25, -0.2) is 9.29 Å². The van der Waals surface area contributed by atoms with E-state index < -0.39 is 17.6 Å². The van der Waals surface area contributed by atoms with Crippen LogP contribution >= 0.6 is 11.8 Å². The van der Waals surface area contributed by atoms with Gasteiger partial charge in [0.25, 0.3) is 11.8 Å². The van der Waals surface area contributed by atoms with Crippen LogP contribution in [-0.4, -0.2) is 26.0 Å². The molecule has 0 fully saturated rings. The number of carbonyl (C=O) groups excluding carboxylic acids is 2. The van der Waals surface area contributed by atoms with Gasteiger partial charge in [-0.3, -0.25) is 9.59 Å². The highest BCUT2D eigenvalue weighted by Gasteiger charge is 2.41. The van der Waals surface area contributed by atoms with Gasteiger partial charge in [-0.05, 0) is 35.4 Å². The fraction of sp³-hybridized carbons (Fsp3) is 0.120. The van der Waals surface area contributed by atoms with Crippen LogP contribution in [0.25, 0.3) is 5.57 Å². The largest absolute Gasteiger partial charge is 0.497 e. The van der Waals surface area contributed by atoms with Crippen LogP contribution in [0.4, 0.5) is 10.1 Å². The van der Waals surface area contributed by atoms with Crippen LogP contribution in [0.5, 0.6) is 11.5 Å². The molecule has 32 heavy (non-hydrogen) atoms. The Morgan fingerprint density at radius 2 is 1.59 bits per heavy atom. The number of thioether (sulfide) groups is 1. The third-order valence-electron chi connectivity index (χ3n) is 5.03. The van der Waals surface area contributed by atoms with Gasteiger partial charge < -0.3 is 9.47 Å². The second-order valence-corrected chi connectivity index (χ2v) is 7.95. The Hall–Kier alpha value is -3.58. The maximum atomic E-state index is 13.5. The molecular weight excluding hydrogens is 429 g/mol. The molecule has 162 valence electrons. The minimum atomic E-state index is -0.497. The molecule has 0 saturated heterocycles. The maximum Gasteiger partial charge on any atom is 0.272 e. The van der Waals surface area contributed by atoms with Gasteiger partial charge in [0, 0.05) is 11.8 Å². The van der Waals surface area contributed by atoms with Crippen LogP contribution in [0, 0.1) is 5.82 Å². The van der Waals surface area contributed by atoms with Crippen molar-refractivity contribution in [2.75, 3.05) is 19.1 Å². The molecule has 4 rings (SSSR count). The van der Waals surface area contributed by atoms with Crippen molar-refractivity contribution in [2.45, 2.75) is 5.75 Å². The molecule has 1 aliphatic heterocycles. The molecule has 0 atom stereocenters. The van der Waals surface area contributed by atoms with E-state index in [0.29, 0.717) is 27.7 Å². The summed E-state index contributed by atoms with van der Waals surface area (Å²) in [6.45, 7) is 0. The summed E-state index contributed by atoms with van der Waals surface area (Å²) < 4.78 is 24.2. The zero-order chi connectivity index (χ0) is 22.7. The summed E-state index contributed by atoms with van der Waals surface area (Å²) in [7, 11) is 2.97. The Kier molecular flexibility index (Phi) is 6.28. The van der Waals surface area contributed by atoms with Gasteiger partial charge in [-0.2, -0.15) is 0 Å². The lowest BCUT2D eigenvalue weighted by molar-refractivity contribution is -0.119. The minimum Gasteiger partial charge on any atom is -0.497 e. The normalized spacial score (nSPS) is 13.7. The van der Waals surface area contributed by atoms with Crippen molar-refractivity contribution in [3.63, 3.8) is 0 Å². The van der Waals surface area contributed by atoms with Gasteiger partial charge in [0.05, 0.1) is 30.4 Å². The van der Waals surface area contributed by atoms with Crippen LogP contribution in [0.15, 0.2) is 77.7 Å². The van der Waals surface area contributed by atoms with Crippen LogP contribution in [0.3, 0.4) is 0 Å². The summed E-state index contributed by atoms with van der Waals surface area (Å²) in [5, 5.41) is 0. The number of imide groups is 1. The summed E-state index contributed by atoms with van der Waals surface area (Å²) >= 11 is 1.28. The molecule has 1 heterocycles. The number of nitrogens with zero attached hydrogens (tertiary/aromatic N) is 1. The maximum absolute atomic E-state index is 13.5. The molecule has 7 heteroatoms. The fourth-order valence-electron chi connectivity index (χ4n) is 3.43. The monoisotopic (exact) mass is 449 g/mol. The summed E-state index contributed by atoms with van der Waals surface area (Å²) in [6, 6.07) is 20.1. The Morgan fingerprint density at radius 3 is 2.25 bits per heavy atom. The fourth-order valence-corrected chi connectivity index (χ4v) is 4.50. The summed E-state index contributed by atoms with van der Waals surface area (Å²) in [5.41, 5.74) is 2.02. The number of hydrogen-bond donors (Lipinski definition) is 0. The van der Waals surface area contributed by atoms with Gasteiger partial charge in [0.2, 0.25) is 0 Å². The predicted molar refractivity (Wildman–Crippen MR) is 123 cm³/mol. The number of anilines is 1. The first-order valence-electron chi connectivity index (χ1n) is 9.81. The molecule has 1 aliphatic rings. The molecule has 3 aromatic carbocycles. The average molecular weight is 450 g/mol. The summed E-state index contributed by atoms with van der Waals surface area (Å²) in [5.74, 6) is -0.0277. The first-order valence-corrected chi connectivity index (χ1v) is 10.8. The van der Waals surface area contributed by atoms with E-state index in [-0.39, 0.29) is 11.3 Å². The van der Waals surface area contributed by atoms with E-state index >= 15 is 0 Å². The Labute approximate surface area is 189 Å². The van der Waals surface area contributed by atoms with E-state index in [4.69, 9.17) is 9.47 Å². The number of amides is 2. The molecule has 0 aromatic heterocycles. The minimum absolute atomic E-state index is 0.237. The number of ether oxygens (including phenoxy) is 2.